The van der Waals surface area contributed by atoms with E-state index in [4.69, 9.17) is 0 Å². The molecule has 0 atom stereocenters. The van der Waals surface area contributed by atoms with Crippen LogP contribution in [0.1, 0.15) is 22.6 Å². The first-order chi connectivity index (χ1) is 12.5. The Hall–Kier alpha value is -2.96. The largest absolute Gasteiger partial charge is 0.435 e. The quantitative estimate of drug-likeness (QED) is 0.654. The van der Waals surface area contributed by atoms with Crippen molar-refractivity contribution in [2.24, 2.45) is 0 Å². The molecule has 3 aromatic rings. The van der Waals surface area contributed by atoms with Gasteiger partial charge in [-0.2, -0.15) is 8.78 Å². The van der Waals surface area contributed by atoms with Crippen LogP contribution in [0.5, 0.6) is 5.75 Å². The van der Waals surface area contributed by atoms with E-state index < -0.39 is 6.61 Å². The zero-order valence-corrected chi connectivity index (χ0v) is 14.3. The number of aryl methyl sites for hydroxylation is 2. The highest BCUT2D eigenvalue weighted by atomic mass is 19.3. The molecule has 3 rings (SSSR count). The highest BCUT2D eigenvalue weighted by molar-refractivity contribution is 5.94. The molecule has 1 amide bonds. The van der Waals surface area contributed by atoms with Crippen molar-refractivity contribution in [3.05, 3.63) is 59.9 Å². The maximum Gasteiger partial charge on any atom is 0.387 e. The molecule has 2 aromatic carbocycles. The fourth-order valence-electron chi connectivity index (χ4n) is 2.81. The van der Waals surface area contributed by atoms with E-state index in [2.05, 4.69) is 19.6 Å². The van der Waals surface area contributed by atoms with Crippen molar-refractivity contribution in [1.29, 1.82) is 0 Å². The normalized spacial score (nSPS) is 11.1. The third-order valence-electron chi connectivity index (χ3n) is 4.03. The molecule has 0 aliphatic carbocycles. The van der Waals surface area contributed by atoms with Gasteiger partial charge in [0.15, 0.2) is 0 Å². The van der Waals surface area contributed by atoms with Crippen molar-refractivity contribution in [1.82, 2.24) is 14.9 Å². The molecule has 7 heteroatoms. The van der Waals surface area contributed by atoms with Crippen LogP contribution in [0.3, 0.4) is 0 Å². The number of hydrogen-bond donors (Lipinski definition) is 1. The minimum absolute atomic E-state index is 0.0269. The summed E-state index contributed by atoms with van der Waals surface area (Å²) in [5, 5.41) is 2.83. The minimum Gasteiger partial charge on any atom is -0.435 e. The van der Waals surface area contributed by atoms with Crippen LogP contribution >= 0.6 is 0 Å². The molecule has 0 aliphatic rings. The number of rotatable bonds is 7. The number of fused-ring (bicyclic) bond motifs is 1. The Bertz CT molecular complexity index is 891. The maximum atomic E-state index is 12.1. The van der Waals surface area contributed by atoms with Gasteiger partial charge in [0, 0.05) is 18.7 Å². The predicted octanol–water partition coefficient (Wildman–Crippen LogP) is 3.77. The summed E-state index contributed by atoms with van der Waals surface area (Å²) in [5.74, 6) is 0.715. The number of amides is 1. The van der Waals surface area contributed by atoms with Gasteiger partial charge in [-0.15, -0.1) is 0 Å². The number of carbonyl (C=O) groups excluding carboxylic acids is 1. The summed E-state index contributed by atoms with van der Waals surface area (Å²) in [6.45, 7) is 0.326. The average Bonchev–Trinajstić information content (AvgIpc) is 2.94. The third kappa shape index (κ3) is 4.17. The summed E-state index contributed by atoms with van der Waals surface area (Å²) in [5.41, 5.74) is 2.43. The molecule has 0 unspecified atom stereocenters. The Balaban J connectivity index is 1.51. The lowest BCUT2D eigenvalue weighted by Crippen LogP contribution is -2.25. The fraction of sp³-hybridized carbons (Fsp3) is 0.263. The zero-order chi connectivity index (χ0) is 18.5. The van der Waals surface area contributed by atoms with E-state index in [-0.39, 0.29) is 11.7 Å². The molecule has 0 fully saturated rings. The number of nitrogens with one attached hydrogen (secondary N) is 1. The Morgan fingerprint density at radius 3 is 2.65 bits per heavy atom. The summed E-state index contributed by atoms with van der Waals surface area (Å²) in [6, 6.07) is 13.5. The minimum atomic E-state index is -2.88. The first-order valence-corrected chi connectivity index (χ1v) is 8.29. The summed E-state index contributed by atoms with van der Waals surface area (Å²) in [7, 11) is 0. The zero-order valence-electron chi connectivity index (χ0n) is 14.3. The molecular weight excluding hydrogens is 340 g/mol. The van der Waals surface area contributed by atoms with E-state index in [0.717, 1.165) is 29.8 Å². The van der Waals surface area contributed by atoms with Gasteiger partial charge in [0.05, 0.1) is 11.0 Å². The van der Waals surface area contributed by atoms with Crippen LogP contribution in [0.25, 0.3) is 11.0 Å². The molecule has 5 nitrogen and oxygen atoms in total. The maximum absolute atomic E-state index is 12.1. The SMILES string of the molecule is Cc1nc2ccccc2n1CCCNC(=O)c1ccc(OC(F)F)cc1. The van der Waals surface area contributed by atoms with E-state index in [9.17, 15) is 13.6 Å². The summed E-state index contributed by atoms with van der Waals surface area (Å²) in [4.78, 5) is 16.6. The van der Waals surface area contributed by atoms with Gasteiger partial charge in [0.1, 0.15) is 11.6 Å². The lowest BCUT2D eigenvalue weighted by atomic mass is 10.2. The number of hydrogen-bond acceptors (Lipinski definition) is 3. The van der Waals surface area contributed by atoms with Crippen LogP contribution in [0.15, 0.2) is 48.5 Å². The van der Waals surface area contributed by atoms with Crippen molar-refractivity contribution >= 4 is 16.9 Å². The smallest absolute Gasteiger partial charge is 0.387 e. The average molecular weight is 359 g/mol. The van der Waals surface area contributed by atoms with Crippen molar-refractivity contribution in [3.63, 3.8) is 0 Å². The number of aromatic nitrogens is 2. The van der Waals surface area contributed by atoms with Gasteiger partial charge >= 0.3 is 6.61 Å². The van der Waals surface area contributed by atoms with Crippen molar-refractivity contribution in [3.8, 4) is 5.75 Å². The third-order valence-corrected chi connectivity index (χ3v) is 4.03. The van der Waals surface area contributed by atoms with Crippen LogP contribution in [-0.4, -0.2) is 28.6 Å². The Morgan fingerprint density at radius 2 is 1.92 bits per heavy atom. The number of imidazole rings is 1. The first kappa shape index (κ1) is 17.8. The molecule has 0 spiro atoms. The molecule has 1 heterocycles. The highest BCUT2D eigenvalue weighted by Crippen LogP contribution is 2.16. The van der Waals surface area contributed by atoms with E-state index in [1.807, 2.05) is 31.2 Å². The van der Waals surface area contributed by atoms with Gasteiger partial charge in [-0.1, -0.05) is 12.1 Å². The number of para-hydroxylation sites is 2. The highest BCUT2D eigenvalue weighted by Gasteiger charge is 2.09. The van der Waals surface area contributed by atoms with Gasteiger partial charge in [0.25, 0.3) is 5.91 Å². The number of carbonyl (C=O) groups is 1. The van der Waals surface area contributed by atoms with Crippen LogP contribution in [0.4, 0.5) is 8.78 Å². The lowest BCUT2D eigenvalue weighted by Gasteiger charge is -2.09. The monoisotopic (exact) mass is 359 g/mol. The number of halogens is 2. The molecule has 1 N–H and O–H groups in total. The van der Waals surface area contributed by atoms with Crippen molar-refractivity contribution < 1.29 is 18.3 Å². The van der Waals surface area contributed by atoms with Gasteiger partial charge in [0.2, 0.25) is 0 Å². The topological polar surface area (TPSA) is 56.2 Å². The Kier molecular flexibility index (Phi) is 5.46. The number of nitrogens with zero attached hydrogens (tertiary/aromatic N) is 2. The van der Waals surface area contributed by atoms with Gasteiger partial charge in [-0.3, -0.25) is 4.79 Å². The molecule has 0 radical (unpaired) electrons. The second-order valence-corrected chi connectivity index (χ2v) is 5.81. The molecule has 26 heavy (non-hydrogen) atoms. The van der Waals surface area contributed by atoms with Crippen LogP contribution in [0, 0.1) is 6.92 Å². The van der Waals surface area contributed by atoms with Crippen molar-refractivity contribution in [2.75, 3.05) is 6.54 Å². The van der Waals surface area contributed by atoms with E-state index in [1.54, 1.807) is 0 Å². The second kappa shape index (κ2) is 7.95. The number of ether oxygens (including phenoxy) is 1. The first-order valence-electron chi connectivity index (χ1n) is 8.29. The standard InChI is InChI=1S/C19H19F2N3O2/c1-13-23-16-5-2-3-6-17(16)24(13)12-4-11-22-18(25)14-7-9-15(10-8-14)26-19(20)21/h2-3,5-10,19H,4,11-12H2,1H3,(H,22,25). The molecular formula is C19H19F2N3O2. The lowest BCUT2D eigenvalue weighted by molar-refractivity contribution is -0.0498. The van der Waals surface area contributed by atoms with Crippen LogP contribution in [-0.2, 0) is 6.54 Å². The molecule has 0 aliphatic heterocycles. The molecule has 0 bridgehead atoms. The van der Waals surface area contributed by atoms with E-state index >= 15 is 0 Å². The summed E-state index contributed by atoms with van der Waals surface area (Å²) in [6.07, 6.45) is 0.750. The van der Waals surface area contributed by atoms with E-state index in [0.29, 0.717) is 12.1 Å². The number of benzene rings is 2. The van der Waals surface area contributed by atoms with Gasteiger partial charge < -0.3 is 14.6 Å². The van der Waals surface area contributed by atoms with Crippen molar-refractivity contribution in [2.45, 2.75) is 26.5 Å². The number of alkyl halides is 2. The molecule has 0 saturated heterocycles. The van der Waals surface area contributed by atoms with Crippen LogP contribution < -0.4 is 10.1 Å². The summed E-state index contributed by atoms with van der Waals surface area (Å²) < 4.78 is 30.6. The Morgan fingerprint density at radius 1 is 1.19 bits per heavy atom. The van der Waals surface area contributed by atoms with Gasteiger partial charge in [-0.25, -0.2) is 4.98 Å². The predicted molar refractivity (Wildman–Crippen MR) is 94.5 cm³/mol. The molecule has 1 aromatic heterocycles. The van der Waals surface area contributed by atoms with Gasteiger partial charge in [-0.05, 0) is 49.7 Å². The second-order valence-electron chi connectivity index (χ2n) is 5.81. The fourth-order valence-corrected chi connectivity index (χ4v) is 2.81. The molecule has 136 valence electrons. The van der Waals surface area contributed by atoms with Crippen LogP contribution in [0.2, 0.25) is 0 Å². The Labute approximate surface area is 149 Å². The molecule has 0 saturated carbocycles. The van der Waals surface area contributed by atoms with E-state index in [1.165, 1.54) is 24.3 Å². The summed E-state index contributed by atoms with van der Waals surface area (Å²) >= 11 is 0.